The molecule has 1 aromatic carbocycles. The summed E-state index contributed by atoms with van der Waals surface area (Å²) < 4.78 is 0. The fraction of sp³-hybridized carbons (Fsp3) is 0.111. The van der Waals surface area contributed by atoms with Gasteiger partial charge in [-0.1, -0.05) is 18.2 Å². The molecule has 4 nitrogen and oxygen atoms in total. The minimum atomic E-state index is -0.343. The number of hydrogen-bond acceptors (Lipinski definition) is 2. The molecule has 2 amide bonds. The molecule has 0 aliphatic heterocycles. The minimum absolute atomic E-state index is 0.343. The maximum atomic E-state index is 11.0. The third-order valence-electron chi connectivity index (χ3n) is 1.33. The molecule has 0 heterocycles. The number of urea groups is 1. The molecule has 4 heteroatoms. The first-order valence-electron chi connectivity index (χ1n) is 3.92. The van der Waals surface area contributed by atoms with Crippen LogP contribution in [0.5, 0.6) is 0 Å². The van der Waals surface area contributed by atoms with Crippen LogP contribution >= 0.6 is 0 Å². The number of carbonyl (C=O) groups is 1. The fourth-order valence-corrected chi connectivity index (χ4v) is 0.804. The highest BCUT2D eigenvalue weighted by Gasteiger charge is 1.96. The van der Waals surface area contributed by atoms with Crippen molar-refractivity contribution in [1.82, 2.24) is 5.43 Å². The smallest absolute Gasteiger partial charge is 0.307 e. The van der Waals surface area contributed by atoms with E-state index >= 15 is 0 Å². The largest absolute Gasteiger partial charge is 0.339 e. The molecule has 1 aromatic rings. The van der Waals surface area contributed by atoms with Crippen LogP contribution in [-0.4, -0.2) is 12.2 Å². The Balaban J connectivity index is 2.46. The van der Waals surface area contributed by atoms with E-state index < -0.39 is 0 Å². The van der Waals surface area contributed by atoms with Gasteiger partial charge in [0.25, 0.3) is 0 Å². The number of carbonyl (C=O) groups excluding carboxylic acids is 1. The minimum Gasteiger partial charge on any atom is -0.307 e. The van der Waals surface area contributed by atoms with Crippen molar-refractivity contribution in [2.75, 3.05) is 5.32 Å². The molecule has 0 bridgehead atoms. The molecule has 0 aromatic heterocycles. The Morgan fingerprint density at radius 3 is 2.69 bits per heavy atom. The Labute approximate surface area is 76.7 Å². The highest BCUT2D eigenvalue weighted by atomic mass is 16.2. The molecule has 0 atom stereocenters. The maximum Gasteiger partial charge on any atom is 0.339 e. The predicted molar refractivity (Wildman–Crippen MR) is 52.8 cm³/mol. The second-order valence-electron chi connectivity index (χ2n) is 2.32. The highest BCUT2D eigenvalue weighted by molar-refractivity contribution is 5.89. The quantitative estimate of drug-likeness (QED) is 0.525. The molecule has 0 unspecified atom stereocenters. The maximum absolute atomic E-state index is 11.0. The van der Waals surface area contributed by atoms with Crippen LogP contribution in [0.2, 0.25) is 0 Å². The number of hydrogen-bond donors (Lipinski definition) is 2. The second kappa shape index (κ2) is 4.92. The van der Waals surface area contributed by atoms with E-state index in [0.29, 0.717) is 0 Å². The molecule has 0 saturated heterocycles. The zero-order chi connectivity index (χ0) is 9.52. The summed E-state index contributed by atoms with van der Waals surface area (Å²) in [6.45, 7) is 1.72. The van der Waals surface area contributed by atoms with E-state index in [1.54, 1.807) is 19.1 Å². The van der Waals surface area contributed by atoms with E-state index in [0.717, 1.165) is 5.69 Å². The molecule has 0 spiro atoms. The summed E-state index contributed by atoms with van der Waals surface area (Å²) in [6.07, 6.45) is 1.50. The molecule has 1 rings (SSSR count). The third-order valence-corrected chi connectivity index (χ3v) is 1.33. The Kier molecular flexibility index (Phi) is 3.50. The standard InChI is InChI=1S/C9H11N3O/c1-2-10-12-9(13)11-8-6-4-3-5-7-8/h2-7H,1H3,(H2,11,12,13)/b10-2-. The molecule has 0 fully saturated rings. The van der Waals surface area contributed by atoms with Crippen LogP contribution in [0.15, 0.2) is 35.4 Å². The highest BCUT2D eigenvalue weighted by Crippen LogP contribution is 2.03. The van der Waals surface area contributed by atoms with E-state index in [-0.39, 0.29) is 6.03 Å². The lowest BCUT2D eigenvalue weighted by molar-refractivity contribution is 0.252. The Morgan fingerprint density at radius 2 is 2.08 bits per heavy atom. The number of rotatable bonds is 2. The monoisotopic (exact) mass is 177 g/mol. The van der Waals surface area contributed by atoms with Crippen LogP contribution in [0, 0.1) is 0 Å². The summed E-state index contributed by atoms with van der Waals surface area (Å²) in [5, 5.41) is 6.19. The van der Waals surface area contributed by atoms with E-state index in [1.807, 2.05) is 18.2 Å². The van der Waals surface area contributed by atoms with E-state index in [9.17, 15) is 4.79 Å². The van der Waals surface area contributed by atoms with Gasteiger partial charge in [-0.2, -0.15) is 5.10 Å². The van der Waals surface area contributed by atoms with Gasteiger partial charge in [0.15, 0.2) is 0 Å². The van der Waals surface area contributed by atoms with Crippen molar-refractivity contribution in [3.05, 3.63) is 30.3 Å². The van der Waals surface area contributed by atoms with Gasteiger partial charge < -0.3 is 5.32 Å². The lowest BCUT2D eigenvalue weighted by Gasteiger charge is -2.02. The molecule has 2 N–H and O–H groups in total. The topological polar surface area (TPSA) is 53.5 Å². The Bertz CT molecular complexity index is 295. The number of hydrazone groups is 1. The van der Waals surface area contributed by atoms with Crippen molar-refractivity contribution in [3.63, 3.8) is 0 Å². The van der Waals surface area contributed by atoms with Crippen molar-refractivity contribution >= 4 is 17.9 Å². The first-order valence-corrected chi connectivity index (χ1v) is 3.92. The number of amides is 2. The van der Waals surface area contributed by atoms with Crippen molar-refractivity contribution < 1.29 is 4.79 Å². The number of para-hydroxylation sites is 1. The molecular weight excluding hydrogens is 166 g/mol. The van der Waals surface area contributed by atoms with Gasteiger partial charge >= 0.3 is 6.03 Å². The number of nitrogens with one attached hydrogen (secondary N) is 2. The first-order chi connectivity index (χ1) is 6.33. The van der Waals surface area contributed by atoms with Gasteiger partial charge in [-0.3, -0.25) is 0 Å². The van der Waals surface area contributed by atoms with Crippen LogP contribution in [0.3, 0.4) is 0 Å². The van der Waals surface area contributed by atoms with Gasteiger partial charge in [-0.25, -0.2) is 10.2 Å². The van der Waals surface area contributed by atoms with Crippen molar-refractivity contribution in [2.45, 2.75) is 6.92 Å². The second-order valence-corrected chi connectivity index (χ2v) is 2.32. The molecule has 13 heavy (non-hydrogen) atoms. The van der Waals surface area contributed by atoms with Crippen molar-refractivity contribution in [2.24, 2.45) is 5.10 Å². The number of nitrogens with zero attached hydrogens (tertiary/aromatic N) is 1. The zero-order valence-electron chi connectivity index (χ0n) is 7.32. The molecule has 0 aliphatic rings. The van der Waals surface area contributed by atoms with E-state index in [2.05, 4.69) is 15.8 Å². The normalized spacial score (nSPS) is 9.92. The van der Waals surface area contributed by atoms with Gasteiger partial charge in [-0.05, 0) is 19.1 Å². The van der Waals surface area contributed by atoms with Crippen LogP contribution in [-0.2, 0) is 0 Å². The van der Waals surface area contributed by atoms with Crippen LogP contribution in [0.4, 0.5) is 10.5 Å². The van der Waals surface area contributed by atoms with Crippen LogP contribution in [0.25, 0.3) is 0 Å². The molecule has 0 radical (unpaired) electrons. The summed E-state index contributed by atoms with van der Waals surface area (Å²) in [4.78, 5) is 11.0. The molecule has 0 saturated carbocycles. The zero-order valence-corrected chi connectivity index (χ0v) is 7.32. The summed E-state index contributed by atoms with van der Waals surface area (Å²) >= 11 is 0. The van der Waals surface area contributed by atoms with Crippen LogP contribution < -0.4 is 10.7 Å². The predicted octanol–water partition coefficient (Wildman–Crippen LogP) is 1.81. The molecule has 0 aliphatic carbocycles. The van der Waals surface area contributed by atoms with Crippen molar-refractivity contribution in [3.8, 4) is 0 Å². The SMILES string of the molecule is C/C=N\NC(=O)Nc1ccccc1. The number of anilines is 1. The van der Waals surface area contributed by atoms with Crippen LogP contribution in [0.1, 0.15) is 6.92 Å². The summed E-state index contributed by atoms with van der Waals surface area (Å²) in [6, 6.07) is 8.83. The van der Waals surface area contributed by atoms with Gasteiger partial charge in [0.05, 0.1) is 0 Å². The third kappa shape index (κ3) is 3.37. The summed E-state index contributed by atoms with van der Waals surface area (Å²) in [5.41, 5.74) is 3.04. The molecular formula is C9H11N3O. The lowest BCUT2D eigenvalue weighted by Crippen LogP contribution is -2.23. The Hall–Kier alpha value is -1.84. The summed E-state index contributed by atoms with van der Waals surface area (Å²) in [7, 11) is 0. The van der Waals surface area contributed by atoms with E-state index in [4.69, 9.17) is 0 Å². The van der Waals surface area contributed by atoms with Crippen molar-refractivity contribution in [1.29, 1.82) is 0 Å². The first kappa shape index (κ1) is 9.25. The van der Waals surface area contributed by atoms with Gasteiger partial charge in [0.1, 0.15) is 0 Å². The summed E-state index contributed by atoms with van der Waals surface area (Å²) in [5.74, 6) is 0. The molecule has 68 valence electrons. The van der Waals surface area contributed by atoms with E-state index in [1.165, 1.54) is 6.21 Å². The fourth-order valence-electron chi connectivity index (χ4n) is 0.804. The average molecular weight is 177 g/mol. The average Bonchev–Trinajstić information content (AvgIpc) is 2.16. The van der Waals surface area contributed by atoms with Gasteiger partial charge in [0, 0.05) is 11.9 Å². The van der Waals surface area contributed by atoms with Gasteiger partial charge in [-0.15, -0.1) is 0 Å². The Morgan fingerprint density at radius 1 is 1.38 bits per heavy atom. The number of benzene rings is 1. The van der Waals surface area contributed by atoms with Gasteiger partial charge in [0.2, 0.25) is 0 Å². The lowest BCUT2D eigenvalue weighted by atomic mass is 10.3.